The molecular weight excluding hydrogens is 546 g/mol. The number of fused-ring (bicyclic) bond motifs is 2. The van der Waals surface area contributed by atoms with Crippen LogP contribution in [-0.4, -0.2) is 68.8 Å². The topological polar surface area (TPSA) is 136 Å². The number of hydrazone groups is 1. The Morgan fingerprint density at radius 1 is 1.15 bits per heavy atom. The van der Waals surface area contributed by atoms with Crippen LogP contribution in [0.4, 0.5) is 0 Å². The molecule has 0 aliphatic carbocycles. The molecular formula is C29H30N5O6S+. The zero-order valence-corrected chi connectivity index (χ0v) is 23.6. The van der Waals surface area contributed by atoms with Crippen LogP contribution in [-0.2, 0) is 33.2 Å². The predicted octanol–water partition coefficient (Wildman–Crippen LogP) is 1.31. The summed E-state index contributed by atoms with van der Waals surface area (Å²) in [6.45, 7) is 3.36. The minimum atomic E-state index is -4.20. The van der Waals surface area contributed by atoms with Crippen molar-refractivity contribution < 1.29 is 32.8 Å². The summed E-state index contributed by atoms with van der Waals surface area (Å²) in [4.78, 5) is 26.4. The van der Waals surface area contributed by atoms with Crippen LogP contribution >= 0.6 is 0 Å². The van der Waals surface area contributed by atoms with Crippen molar-refractivity contribution in [2.45, 2.75) is 37.4 Å². The molecule has 11 nitrogen and oxygen atoms in total. The fourth-order valence-electron chi connectivity index (χ4n) is 6.14. The lowest BCUT2D eigenvalue weighted by molar-refractivity contribution is -0.671. The maximum Gasteiger partial charge on any atom is 0.352 e. The van der Waals surface area contributed by atoms with Gasteiger partial charge in [0.2, 0.25) is 12.2 Å². The summed E-state index contributed by atoms with van der Waals surface area (Å²) in [7, 11) is -2.30. The zero-order chi connectivity index (χ0) is 29.2. The van der Waals surface area contributed by atoms with Gasteiger partial charge in [0.1, 0.15) is 30.3 Å². The molecule has 0 radical (unpaired) electrons. The summed E-state index contributed by atoms with van der Waals surface area (Å²) < 4.78 is 33.0. The molecule has 0 saturated carbocycles. The number of hydrogen-bond donors (Lipinski definition) is 2. The number of rotatable bonds is 7. The standard InChI is InChI=1S/C29H29N5O6S/c1-17-22(27(29(37)38)34-26(17)24(18(2)35)28(34)36)15-33-30-25(20-7-5-4-6-8-20)21-10-9-19(13-23(21)41(33,39)40)14-32-12-11-31(3)16-32/h4-13,16-18,24,26,35H,14-15H2,1-3H3/p+1/t17-,18+,24+,26+/m0/s1. The molecule has 3 aliphatic rings. The third-order valence-electron chi connectivity index (χ3n) is 8.13. The van der Waals surface area contributed by atoms with E-state index >= 15 is 0 Å². The highest BCUT2D eigenvalue weighted by Crippen LogP contribution is 2.47. The van der Waals surface area contributed by atoms with E-state index in [9.17, 15) is 28.2 Å². The van der Waals surface area contributed by atoms with Gasteiger partial charge in [-0.2, -0.15) is 17.9 Å². The van der Waals surface area contributed by atoms with Crippen LogP contribution in [0.15, 0.2) is 88.5 Å². The second kappa shape index (κ2) is 9.67. The summed E-state index contributed by atoms with van der Waals surface area (Å²) >= 11 is 0. The number of β-lactam (4-membered cyclic amide) rings is 1. The van der Waals surface area contributed by atoms with Crippen molar-refractivity contribution in [1.82, 2.24) is 13.9 Å². The number of sulfonamides is 1. The van der Waals surface area contributed by atoms with Gasteiger partial charge < -0.3 is 15.1 Å². The van der Waals surface area contributed by atoms with Crippen molar-refractivity contribution >= 4 is 27.6 Å². The molecule has 1 amide bonds. The Kier molecular flexibility index (Phi) is 6.34. The van der Waals surface area contributed by atoms with E-state index in [0.29, 0.717) is 23.4 Å². The highest BCUT2D eigenvalue weighted by Gasteiger charge is 2.60. The van der Waals surface area contributed by atoms with E-state index in [0.717, 1.165) is 9.98 Å². The van der Waals surface area contributed by atoms with Gasteiger partial charge in [-0.05, 0) is 24.1 Å². The Bertz CT molecular complexity index is 1740. The second-order valence-electron chi connectivity index (χ2n) is 10.8. The molecule has 4 atom stereocenters. The number of aliphatic hydroxyl groups excluding tert-OH is 1. The number of aromatic nitrogens is 2. The normalized spacial score (nSPS) is 23.6. The van der Waals surface area contributed by atoms with Crippen LogP contribution in [0, 0.1) is 11.8 Å². The van der Waals surface area contributed by atoms with Crippen LogP contribution in [0.1, 0.15) is 30.5 Å². The minimum Gasteiger partial charge on any atom is -0.477 e. The SMILES string of the molecule is C[C@@H](O)[C@H]1C(=O)N2C(C(=O)O)=C(CN3N=C(c4ccccc4)c4ccc(Cn5cc[n+](C)c5)cc4S3(=O)=O)[C@H](C)[C@H]12. The maximum atomic E-state index is 14.1. The van der Waals surface area contributed by atoms with Crippen molar-refractivity contribution in [2.24, 2.45) is 24.0 Å². The highest BCUT2D eigenvalue weighted by atomic mass is 32.2. The van der Waals surface area contributed by atoms with Gasteiger partial charge in [0, 0.05) is 17.0 Å². The van der Waals surface area contributed by atoms with Gasteiger partial charge in [0.05, 0.1) is 36.6 Å². The Morgan fingerprint density at radius 3 is 2.51 bits per heavy atom. The summed E-state index contributed by atoms with van der Waals surface area (Å²) in [5.74, 6) is -3.05. The summed E-state index contributed by atoms with van der Waals surface area (Å²) in [5, 5.41) is 24.8. The molecule has 2 N–H and O–H groups in total. The fourth-order valence-corrected chi connectivity index (χ4v) is 7.61. The fraction of sp³-hybridized carbons (Fsp3) is 0.310. The number of carbonyl (C=O) groups excluding carboxylic acids is 1. The smallest absolute Gasteiger partial charge is 0.352 e. The number of benzene rings is 2. The molecule has 6 rings (SSSR count). The number of aliphatic carboxylic acids is 1. The maximum absolute atomic E-state index is 14.1. The first-order chi connectivity index (χ1) is 19.5. The lowest BCUT2D eigenvalue weighted by Gasteiger charge is -2.46. The number of carboxylic acid groups (broad SMARTS) is 1. The van der Waals surface area contributed by atoms with E-state index < -0.39 is 45.9 Å². The van der Waals surface area contributed by atoms with Gasteiger partial charge in [0.25, 0.3) is 10.0 Å². The third-order valence-corrected chi connectivity index (χ3v) is 9.79. The summed E-state index contributed by atoms with van der Waals surface area (Å²) in [6.07, 6.45) is 4.71. The molecule has 12 heteroatoms. The molecule has 41 heavy (non-hydrogen) atoms. The van der Waals surface area contributed by atoms with Crippen molar-refractivity contribution in [1.29, 1.82) is 0 Å². The first-order valence-corrected chi connectivity index (χ1v) is 14.7. The molecule has 3 aliphatic heterocycles. The number of amides is 1. The molecule has 2 aromatic carbocycles. The van der Waals surface area contributed by atoms with E-state index in [4.69, 9.17) is 0 Å². The third kappa shape index (κ3) is 4.25. The molecule has 4 heterocycles. The number of aryl methyl sites for hydroxylation is 1. The van der Waals surface area contributed by atoms with Crippen molar-refractivity contribution in [3.05, 3.63) is 95.2 Å². The molecule has 0 bridgehead atoms. The van der Waals surface area contributed by atoms with Crippen molar-refractivity contribution in [3.8, 4) is 0 Å². The van der Waals surface area contributed by atoms with E-state index in [1.54, 1.807) is 19.1 Å². The molecule has 3 aromatic rings. The second-order valence-corrected chi connectivity index (χ2v) is 12.6. The van der Waals surface area contributed by atoms with E-state index in [-0.39, 0.29) is 22.7 Å². The van der Waals surface area contributed by atoms with E-state index in [2.05, 4.69) is 5.10 Å². The molecule has 1 aromatic heterocycles. The summed E-state index contributed by atoms with van der Waals surface area (Å²) in [6, 6.07) is 13.9. The number of aliphatic hydroxyl groups is 1. The van der Waals surface area contributed by atoms with Crippen molar-refractivity contribution in [3.63, 3.8) is 0 Å². The number of imidazole rings is 1. The van der Waals surface area contributed by atoms with Crippen LogP contribution in [0.5, 0.6) is 0 Å². The molecule has 0 unspecified atom stereocenters. The number of carbonyl (C=O) groups is 2. The Morgan fingerprint density at radius 2 is 1.88 bits per heavy atom. The molecule has 212 valence electrons. The van der Waals surface area contributed by atoms with Gasteiger partial charge in [-0.15, -0.1) is 0 Å². The largest absolute Gasteiger partial charge is 0.477 e. The summed E-state index contributed by atoms with van der Waals surface area (Å²) in [5.41, 5.74) is 2.41. The molecule has 1 fully saturated rings. The predicted molar refractivity (Wildman–Crippen MR) is 147 cm³/mol. The lowest BCUT2D eigenvalue weighted by Crippen LogP contribution is -2.63. The van der Waals surface area contributed by atoms with E-state index in [1.165, 1.54) is 11.8 Å². The quantitative estimate of drug-likeness (QED) is 0.322. The van der Waals surface area contributed by atoms with Gasteiger partial charge in [0.15, 0.2) is 0 Å². The first kappa shape index (κ1) is 26.9. The Balaban J connectivity index is 1.45. The van der Waals surface area contributed by atoms with Crippen LogP contribution in [0.3, 0.4) is 0 Å². The van der Waals surface area contributed by atoms with E-state index in [1.807, 2.05) is 71.3 Å². The van der Waals surface area contributed by atoms with Crippen molar-refractivity contribution in [2.75, 3.05) is 6.54 Å². The van der Waals surface area contributed by atoms with Gasteiger partial charge in [-0.1, -0.05) is 49.4 Å². The average molecular weight is 577 g/mol. The molecule has 0 spiro atoms. The molecule has 1 saturated heterocycles. The van der Waals surface area contributed by atoms with Crippen LogP contribution in [0.25, 0.3) is 0 Å². The van der Waals surface area contributed by atoms with Gasteiger partial charge in [-0.25, -0.2) is 13.9 Å². The highest BCUT2D eigenvalue weighted by molar-refractivity contribution is 7.89. The average Bonchev–Trinajstić information content (AvgIpc) is 3.44. The van der Waals surface area contributed by atoms with Crippen LogP contribution < -0.4 is 4.57 Å². The Labute approximate surface area is 237 Å². The number of hydrogen-bond acceptors (Lipinski definition) is 6. The van der Waals surface area contributed by atoms with Gasteiger partial charge >= 0.3 is 5.97 Å². The van der Waals surface area contributed by atoms with Gasteiger partial charge in [-0.3, -0.25) is 4.79 Å². The minimum absolute atomic E-state index is 0.0738. The number of nitrogens with zero attached hydrogens (tertiary/aromatic N) is 5. The number of carboxylic acids is 1. The first-order valence-electron chi connectivity index (χ1n) is 13.3. The monoisotopic (exact) mass is 576 g/mol. The lowest BCUT2D eigenvalue weighted by atomic mass is 9.78. The zero-order valence-electron chi connectivity index (χ0n) is 22.7. The Hall–Kier alpha value is -4.29. The van der Waals surface area contributed by atoms with Crippen LogP contribution in [0.2, 0.25) is 0 Å².